The Balaban J connectivity index is 1.55. The third-order valence-corrected chi connectivity index (χ3v) is 6.26. The van der Waals surface area contributed by atoms with Crippen LogP contribution in [0.15, 0.2) is 60.7 Å². The van der Waals surface area contributed by atoms with Gasteiger partial charge in [0.1, 0.15) is 34.6 Å². The highest BCUT2D eigenvalue weighted by atomic mass is 19.3. The van der Waals surface area contributed by atoms with Crippen LogP contribution in [-0.2, 0) is 12.5 Å². The summed E-state index contributed by atoms with van der Waals surface area (Å²) < 4.78 is 133. The van der Waals surface area contributed by atoms with E-state index in [0.29, 0.717) is 42.3 Å². The van der Waals surface area contributed by atoms with Crippen molar-refractivity contribution < 1.29 is 44.3 Å². The van der Waals surface area contributed by atoms with Gasteiger partial charge >= 0.3 is 6.11 Å². The first-order valence-corrected chi connectivity index (χ1v) is 12.7. The summed E-state index contributed by atoms with van der Waals surface area (Å²) in [5.74, 6) is -6.57. The summed E-state index contributed by atoms with van der Waals surface area (Å²) in [5.41, 5.74) is -2.31. The van der Waals surface area contributed by atoms with Crippen molar-refractivity contribution in [1.82, 2.24) is 0 Å². The highest BCUT2D eigenvalue weighted by molar-refractivity contribution is 5.65. The zero-order valence-corrected chi connectivity index (χ0v) is 21.9. The Bertz CT molecular complexity index is 1640. The lowest BCUT2D eigenvalue weighted by Gasteiger charge is -2.20. The normalized spacial score (nSPS) is 11.3. The molecule has 1 nitrogen and oxygen atoms in total. The van der Waals surface area contributed by atoms with E-state index in [1.165, 1.54) is 12.1 Å². The number of ether oxygens (including phenoxy) is 1. The summed E-state index contributed by atoms with van der Waals surface area (Å²) in [5, 5.41) is 0. The van der Waals surface area contributed by atoms with Crippen LogP contribution in [0.4, 0.5) is 39.5 Å². The Hall–Kier alpha value is -4.39. The van der Waals surface area contributed by atoms with Crippen molar-refractivity contribution in [3.63, 3.8) is 0 Å². The second kappa shape index (κ2) is 12.6. The molecule has 0 aliphatic rings. The molecule has 0 unspecified atom stereocenters. The molecule has 4 rings (SSSR count). The summed E-state index contributed by atoms with van der Waals surface area (Å²) >= 11 is 0. The van der Waals surface area contributed by atoms with E-state index in [1.54, 1.807) is 6.07 Å². The number of rotatable bonds is 8. The summed E-state index contributed by atoms with van der Waals surface area (Å²) in [6, 6.07) is 8.56. The van der Waals surface area contributed by atoms with E-state index in [-0.39, 0.29) is 16.7 Å². The van der Waals surface area contributed by atoms with Crippen LogP contribution >= 0.6 is 0 Å². The second-order valence-corrected chi connectivity index (χ2v) is 9.35. The molecule has 0 radical (unpaired) electrons. The van der Waals surface area contributed by atoms with Crippen molar-refractivity contribution >= 4 is 0 Å². The number of hydrogen-bond acceptors (Lipinski definition) is 1. The SMILES string of the molecule is CCCCCc1ccc(-c2cc(F)c(C(F)(F)Oc3ccc(C#Cc4cc(F)c(F)c(F)c4)c(F)c3)c(F)c2)c(F)c1. The Morgan fingerprint density at radius 3 is 1.93 bits per heavy atom. The Kier molecular flexibility index (Phi) is 9.20. The number of alkyl halides is 2. The standard InChI is InChI=1S/C32H21F9O/c1-2-3-4-5-18-7-11-23(25(34)12-18)21-15-26(35)30(27(36)16-21)32(40,41)42-22-10-9-20(24(33)17-22)8-6-19-13-28(37)31(39)29(38)14-19/h7,9-17H,2-5H2,1H3. The molecule has 0 amide bonds. The molecule has 0 heterocycles. The lowest BCUT2D eigenvalue weighted by atomic mass is 9.99. The number of benzene rings is 4. The molecule has 0 saturated heterocycles. The number of unbranched alkanes of at least 4 members (excludes halogenated alkanes) is 2. The van der Waals surface area contributed by atoms with Crippen LogP contribution in [0.2, 0.25) is 0 Å². The summed E-state index contributed by atoms with van der Waals surface area (Å²) in [4.78, 5) is 0. The second-order valence-electron chi connectivity index (χ2n) is 9.35. The smallest absolute Gasteiger partial charge is 0.429 e. The van der Waals surface area contributed by atoms with Gasteiger partial charge in [-0.25, -0.2) is 30.7 Å². The first kappa shape index (κ1) is 30.6. The molecule has 0 bridgehead atoms. The largest absolute Gasteiger partial charge is 0.432 e. The molecule has 0 atom stereocenters. The van der Waals surface area contributed by atoms with Crippen molar-refractivity contribution in [1.29, 1.82) is 0 Å². The molecule has 10 heteroatoms. The third kappa shape index (κ3) is 6.90. The van der Waals surface area contributed by atoms with E-state index in [0.717, 1.165) is 31.4 Å². The summed E-state index contributed by atoms with van der Waals surface area (Å²) in [6.07, 6.45) is -1.25. The maximum atomic E-state index is 14.9. The van der Waals surface area contributed by atoms with Gasteiger partial charge in [-0.3, -0.25) is 0 Å². The van der Waals surface area contributed by atoms with E-state index >= 15 is 0 Å². The van der Waals surface area contributed by atoms with Crippen LogP contribution in [0.3, 0.4) is 0 Å². The topological polar surface area (TPSA) is 9.23 Å². The van der Waals surface area contributed by atoms with Gasteiger partial charge in [0.25, 0.3) is 0 Å². The van der Waals surface area contributed by atoms with Crippen molar-refractivity contribution in [2.24, 2.45) is 0 Å². The maximum absolute atomic E-state index is 14.9. The molecule has 0 aromatic heterocycles. The fourth-order valence-electron chi connectivity index (χ4n) is 4.16. The van der Waals surface area contributed by atoms with Gasteiger partial charge in [-0.15, -0.1) is 0 Å². The number of aryl methyl sites for hydroxylation is 1. The van der Waals surface area contributed by atoms with Gasteiger partial charge in [0.05, 0.1) is 5.56 Å². The van der Waals surface area contributed by atoms with Crippen molar-refractivity contribution in [2.75, 3.05) is 0 Å². The minimum atomic E-state index is -4.61. The zero-order valence-electron chi connectivity index (χ0n) is 21.9. The first-order valence-electron chi connectivity index (χ1n) is 12.7. The van der Waals surface area contributed by atoms with Gasteiger partial charge in [0, 0.05) is 17.2 Å². The minimum Gasteiger partial charge on any atom is -0.429 e. The van der Waals surface area contributed by atoms with Crippen LogP contribution in [0.1, 0.15) is 48.4 Å². The van der Waals surface area contributed by atoms with Gasteiger partial charge in [-0.2, -0.15) is 8.78 Å². The third-order valence-electron chi connectivity index (χ3n) is 6.26. The molecule has 0 spiro atoms. The molecule has 218 valence electrons. The van der Waals surface area contributed by atoms with E-state index in [1.807, 2.05) is 6.92 Å². The first-order chi connectivity index (χ1) is 19.9. The zero-order chi connectivity index (χ0) is 30.6. The summed E-state index contributed by atoms with van der Waals surface area (Å²) in [6.45, 7) is 2.02. The van der Waals surface area contributed by atoms with Crippen LogP contribution in [-0.4, -0.2) is 0 Å². The fraction of sp³-hybridized carbons (Fsp3) is 0.188. The molecule has 0 saturated carbocycles. The molecular formula is C32H21F9O. The van der Waals surface area contributed by atoms with Gasteiger partial charge < -0.3 is 4.74 Å². The van der Waals surface area contributed by atoms with Crippen molar-refractivity contribution in [3.8, 4) is 28.7 Å². The Labute approximate surface area is 235 Å². The lowest BCUT2D eigenvalue weighted by molar-refractivity contribution is -0.189. The molecule has 4 aromatic carbocycles. The van der Waals surface area contributed by atoms with Gasteiger partial charge in [-0.05, 0) is 66.4 Å². The average molecular weight is 593 g/mol. The van der Waals surface area contributed by atoms with Gasteiger partial charge in [0.2, 0.25) is 0 Å². The van der Waals surface area contributed by atoms with Crippen molar-refractivity contribution in [3.05, 3.63) is 124 Å². The molecule has 0 aliphatic heterocycles. The summed E-state index contributed by atoms with van der Waals surface area (Å²) in [7, 11) is 0. The number of hydrogen-bond donors (Lipinski definition) is 0. The fourth-order valence-corrected chi connectivity index (χ4v) is 4.16. The highest BCUT2D eigenvalue weighted by Crippen LogP contribution is 2.38. The van der Waals surface area contributed by atoms with E-state index < -0.39 is 63.7 Å². The molecule has 0 N–H and O–H groups in total. The number of halogens is 9. The van der Waals surface area contributed by atoms with Crippen LogP contribution < -0.4 is 4.74 Å². The predicted molar refractivity (Wildman–Crippen MR) is 138 cm³/mol. The highest BCUT2D eigenvalue weighted by Gasteiger charge is 2.41. The van der Waals surface area contributed by atoms with E-state index in [4.69, 9.17) is 0 Å². The minimum absolute atomic E-state index is 0.187. The quantitative estimate of drug-likeness (QED) is 0.0857. The van der Waals surface area contributed by atoms with E-state index in [2.05, 4.69) is 16.6 Å². The Morgan fingerprint density at radius 1 is 0.667 bits per heavy atom. The monoisotopic (exact) mass is 592 g/mol. The molecule has 0 aliphatic carbocycles. The van der Waals surface area contributed by atoms with Crippen molar-refractivity contribution in [2.45, 2.75) is 38.7 Å². The maximum Gasteiger partial charge on any atom is 0.432 e. The molecule has 42 heavy (non-hydrogen) atoms. The van der Waals surface area contributed by atoms with Crippen LogP contribution in [0.25, 0.3) is 11.1 Å². The average Bonchev–Trinajstić information content (AvgIpc) is 2.90. The van der Waals surface area contributed by atoms with E-state index in [9.17, 15) is 39.5 Å². The lowest BCUT2D eigenvalue weighted by Crippen LogP contribution is -2.25. The molecular weight excluding hydrogens is 571 g/mol. The molecule has 4 aromatic rings. The van der Waals surface area contributed by atoms with Gasteiger partial charge in [-0.1, -0.05) is 43.7 Å². The predicted octanol–water partition coefficient (Wildman–Crippen LogP) is 9.59. The van der Waals surface area contributed by atoms with Crippen LogP contribution in [0, 0.1) is 52.6 Å². The Morgan fingerprint density at radius 2 is 1.33 bits per heavy atom. The molecule has 0 fully saturated rings. The van der Waals surface area contributed by atoms with Gasteiger partial charge in [0.15, 0.2) is 17.5 Å². The van der Waals surface area contributed by atoms with Crippen LogP contribution in [0.5, 0.6) is 5.75 Å².